The molecule has 0 radical (unpaired) electrons. The molecule has 9 heteroatoms. The number of hydrogen-bond acceptors (Lipinski definition) is 7. The van der Waals surface area contributed by atoms with Crippen LogP contribution in [0.25, 0.3) is 0 Å². The number of nitro benzene ring substituents is 1. The van der Waals surface area contributed by atoms with E-state index in [4.69, 9.17) is 14.2 Å². The van der Waals surface area contributed by atoms with Gasteiger partial charge in [-0.1, -0.05) is 24.3 Å². The molecule has 0 aliphatic carbocycles. The smallest absolute Gasteiger partial charge is 0.344 e. The number of para-hydroxylation sites is 4. The van der Waals surface area contributed by atoms with E-state index in [0.717, 1.165) is 0 Å². The van der Waals surface area contributed by atoms with E-state index >= 15 is 0 Å². The summed E-state index contributed by atoms with van der Waals surface area (Å²) in [5, 5.41) is 13.4. The van der Waals surface area contributed by atoms with Gasteiger partial charge in [0.25, 0.3) is 11.6 Å². The van der Waals surface area contributed by atoms with Crippen LogP contribution in [0.4, 0.5) is 11.4 Å². The molecule has 0 fully saturated rings. The number of esters is 1. The third-order valence-electron chi connectivity index (χ3n) is 3.53. The highest BCUT2D eigenvalue weighted by molar-refractivity contribution is 5.96. The molecule has 0 heterocycles. The first-order valence-electron chi connectivity index (χ1n) is 8.50. The minimum Gasteiger partial charge on any atom is -0.490 e. The van der Waals surface area contributed by atoms with Crippen LogP contribution in [0.1, 0.15) is 13.8 Å². The van der Waals surface area contributed by atoms with Crippen LogP contribution < -0.4 is 14.8 Å². The fraction of sp³-hybridized carbons (Fsp3) is 0.263. The minimum absolute atomic E-state index is 0.0160. The van der Waals surface area contributed by atoms with E-state index in [0.29, 0.717) is 18.1 Å². The molecule has 0 bridgehead atoms. The van der Waals surface area contributed by atoms with Gasteiger partial charge in [0.15, 0.2) is 24.2 Å². The topological polar surface area (TPSA) is 117 Å². The van der Waals surface area contributed by atoms with Gasteiger partial charge >= 0.3 is 5.97 Å². The number of carbonyl (C=O) groups excluding carboxylic acids is 2. The Hall–Kier alpha value is -3.62. The van der Waals surface area contributed by atoms with Gasteiger partial charge in [0.2, 0.25) is 0 Å². The highest BCUT2D eigenvalue weighted by Gasteiger charge is 2.22. The first-order valence-corrected chi connectivity index (χ1v) is 8.50. The number of benzene rings is 2. The number of nitrogens with one attached hydrogen (secondary N) is 1. The number of anilines is 1. The summed E-state index contributed by atoms with van der Waals surface area (Å²) in [6.45, 7) is 3.19. The summed E-state index contributed by atoms with van der Waals surface area (Å²) in [5.74, 6) is -0.604. The number of rotatable bonds is 9. The maximum atomic E-state index is 12.2. The van der Waals surface area contributed by atoms with Crippen LogP contribution in [-0.4, -0.2) is 36.1 Å². The Morgan fingerprint density at radius 3 is 2.32 bits per heavy atom. The zero-order valence-corrected chi connectivity index (χ0v) is 15.4. The maximum absolute atomic E-state index is 12.2. The number of carbonyl (C=O) groups is 2. The lowest BCUT2D eigenvalue weighted by Crippen LogP contribution is -2.31. The molecule has 0 saturated heterocycles. The maximum Gasteiger partial charge on any atom is 0.344 e. The molecule has 0 aromatic heterocycles. The first-order chi connectivity index (χ1) is 13.4. The fourth-order valence-corrected chi connectivity index (χ4v) is 2.24. The van der Waals surface area contributed by atoms with Gasteiger partial charge in [-0.3, -0.25) is 14.9 Å². The largest absolute Gasteiger partial charge is 0.490 e. The second-order valence-corrected chi connectivity index (χ2v) is 5.56. The molecular formula is C19H20N2O7. The van der Waals surface area contributed by atoms with Gasteiger partial charge in [-0.25, -0.2) is 4.79 Å². The van der Waals surface area contributed by atoms with Crippen molar-refractivity contribution in [1.82, 2.24) is 0 Å². The van der Waals surface area contributed by atoms with Crippen molar-refractivity contribution in [2.24, 2.45) is 0 Å². The lowest BCUT2D eigenvalue weighted by Gasteiger charge is -2.15. The molecule has 0 unspecified atom stereocenters. The molecule has 0 spiro atoms. The highest BCUT2D eigenvalue weighted by Crippen LogP contribution is 2.26. The first kappa shape index (κ1) is 20.7. The van der Waals surface area contributed by atoms with Gasteiger partial charge in [-0.15, -0.1) is 0 Å². The number of amides is 1. The van der Waals surface area contributed by atoms with Crippen LogP contribution in [0.2, 0.25) is 0 Å². The number of nitro groups is 1. The van der Waals surface area contributed by atoms with E-state index in [1.807, 2.05) is 6.92 Å². The SMILES string of the molecule is CCOc1ccccc1OCC(=O)O[C@H](C)C(=O)Nc1ccccc1[N+](=O)[O-]. The normalized spacial score (nSPS) is 11.2. The molecule has 0 aliphatic rings. The molecular weight excluding hydrogens is 368 g/mol. The molecule has 28 heavy (non-hydrogen) atoms. The van der Waals surface area contributed by atoms with E-state index in [1.54, 1.807) is 30.3 Å². The van der Waals surface area contributed by atoms with Gasteiger partial charge < -0.3 is 19.5 Å². The Kier molecular flexibility index (Phi) is 7.32. The van der Waals surface area contributed by atoms with E-state index in [9.17, 15) is 19.7 Å². The van der Waals surface area contributed by atoms with E-state index < -0.39 is 29.5 Å². The van der Waals surface area contributed by atoms with Crippen molar-refractivity contribution in [3.05, 3.63) is 58.6 Å². The average Bonchev–Trinajstić information content (AvgIpc) is 2.67. The Morgan fingerprint density at radius 2 is 1.68 bits per heavy atom. The molecule has 0 aliphatic heterocycles. The lowest BCUT2D eigenvalue weighted by molar-refractivity contribution is -0.383. The molecule has 2 aromatic rings. The number of nitrogens with zero attached hydrogens (tertiary/aromatic N) is 1. The molecule has 9 nitrogen and oxygen atoms in total. The summed E-state index contributed by atoms with van der Waals surface area (Å²) in [7, 11) is 0. The third kappa shape index (κ3) is 5.70. The lowest BCUT2D eigenvalue weighted by atomic mass is 10.2. The molecule has 2 rings (SSSR count). The Labute approximate surface area is 161 Å². The summed E-state index contributed by atoms with van der Waals surface area (Å²) < 4.78 is 15.8. The summed E-state index contributed by atoms with van der Waals surface area (Å²) in [4.78, 5) is 34.5. The summed E-state index contributed by atoms with van der Waals surface area (Å²) in [5.41, 5.74) is -0.243. The zero-order chi connectivity index (χ0) is 20.5. The van der Waals surface area contributed by atoms with Crippen LogP contribution in [0.15, 0.2) is 48.5 Å². The van der Waals surface area contributed by atoms with Crippen molar-refractivity contribution < 1.29 is 28.7 Å². The summed E-state index contributed by atoms with van der Waals surface area (Å²) in [6.07, 6.45) is -1.17. The van der Waals surface area contributed by atoms with Gasteiger partial charge in [0, 0.05) is 6.07 Å². The summed E-state index contributed by atoms with van der Waals surface area (Å²) in [6, 6.07) is 12.5. The Morgan fingerprint density at radius 1 is 1.07 bits per heavy atom. The van der Waals surface area contributed by atoms with E-state index in [2.05, 4.69) is 5.32 Å². The monoisotopic (exact) mass is 388 g/mol. The molecule has 148 valence electrons. The second kappa shape index (κ2) is 9.91. The van der Waals surface area contributed by atoms with E-state index in [-0.39, 0.29) is 11.4 Å². The predicted octanol–water partition coefficient (Wildman–Crippen LogP) is 2.94. The highest BCUT2D eigenvalue weighted by atomic mass is 16.6. The fourth-order valence-electron chi connectivity index (χ4n) is 2.24. The van der Waals surface area contributed by atoms with Gasteiger partial charge in [-0.05, 0) is 32.0 Å². The molecule has 1 amide bonds. The van der Waals surface area contributed by atoms with Crippen LogP contribution in [0.5, 0.6) is 11.5 Å². The van der Waals surface area contributed by atoms with Gasteiger partial charge in [0.1, 0.15) is 5.69 Å². The number of hydrogen-bond donors (Lipinski definition) is 1. The average molecular weight is 388 g/mol. The van der Waals surface area contributed by atoms with Crippen molar-refractivity contribution in [2.75, 3.05) is 18.5 Å². The molecule has 1 atom stereocenters. The van der Waals surface area contributed by atoms with Crippen molar-refractivity contribution in [2.45, 2.75) is 20.0 Å². The van der Waals surface area contributed by atoms with Crippen LogP contribution in [0.3, 0.4) is 0 Å². The molecule has 1 N–H and O–H groups in total. The molecule has 0 saturated carbocycles. The van der Waals surface area contributed by atoms with Crippen molar-refractivity contribution in [3.8, 4) is 11.5 Å². The summed E-state index contributed by atoms with van der Waals surface area (Å²) >= 11 is 0. The second-order valence-electron chi connectivity index (χ2n) is 5.56. The van der Waals surface area contributed by atoms with Crippen LogP contribution in [0, 0.1) is 10.1 Å². The van der Waals surface area contributed by atoms with Crippen molar-refractivity contribution >= 4 is 23.3 Å². The number of ether oxygens (including phenoxy) is 3. The van der Waals surface area contributed by atoms with Crippen molar-refractivity contribution in [1.29, 1.82) is 0 Å². The predicted molar refractivity (Wildman–Crippen MR) is 100 cm³/mol. The van der Waals surface area contributed by atoms with Gasteiger partial charge in [0.05, 0.1) is 11.5 Å². The standard InChI is InChI=1S/C19H20N2O7/c1-3-26-16-10-6-7-11-17(16)27-12-18(22)28-13(2)19(23)20-14-8-4-5-9-15(14)21(24)25/h4-11,13H,3,12H2,1-2H3,(H,20,23)/t13-/m1/s1. The van der Waals surface area contributed by atoms with E-state index in [1.165, 1.54) is 25.1 Å². The van der Waals surface area contributed by atoms with Gasteiger partial charge in [-0.2, -0.15) is 0 Å². The van der Waals surface area contributed by atoms with Crippen molar-refractivity contribution in [3.63, 3.8) is 0 Å². The zero-order valence-electron chi connectivity index (χ0n) is 15.4. The Balaban J connectivity index is 1.90. The Bertz CT molecular complexity index is 854. The third-order valence-corrected chi connectivity index (χ3v) is 3.53. The molecule has 2 aromatic carbocycles. The van der Waals surface area contributed by atoms with Crippen LogP contribution >= 0.6 is 0 Å². The quantitative estimate of drug-likeness (QED) is 0.399. The van der Waals surface area contributed by atoms with Crippen LogP contribution in [-0.2, 0) is 14.3 Å². The minimum atomic E-state index is -1.17.